The molecule has 1 aliphatic heterocycles. The number of aromatic hydroxyl groups is 1. The summed E-state index contributed by atoms with van der Waals surface area (Å²) in [5.74, 6) is 0.298. The van der Waals surface area contributed by atoms with E-state index in [9.17, 15) is 9.90 Å². The summed E-state index contributed by atoms with van der Waals surface area (Å²) in [5.41, 5.74) is 3.37. The molecule has 2 heterocycles. The zero-order valence-electron chi connectivity index (χ0n) is 12.7. The van der Waals surface area contributed by atoms with Gasteiger partial charge in [0, 0.05) is 10.9 Å². The van der Waals surface area contributed by atoms with Crippen LogP contribution in [-0.4, -0.2) is 28.7 Å². The van der Waals surface area contributed by atoms with Gasteiger partial charge in [-0.2, -0.15) is 0 Å². The number of H-pyrrole nitrogens is 1. The van der Waals surface area contributed by atoms with Crippen molar-refractivity contribution >= 4 is 28.1 Å². The first-order valence-electron chi connectivity index (χ1n) is 7.22. The Morgan fingerprint density at radius 3 is 2.78 bits per heavy atom. The average molecular weight is 306 g/mol. The summed E-state index contributed by atoms with van der Waals surface area (Å²) in [6.07, 6.45) is 0. The van der Waals surface area contributed by atoms with Crippen LogP contribution in [-0.2, 0) is 0 Å². The lowest BCUT2D eigenvalue weighted by Gasteiger charge is -2.05. The molecule has 0 spiro atoms. The second-order valence-corrected chi connectivity index (χ2v) is 5.55. The van der Waals surface area contributed by atoms with Crippen LogP contribution in [0.3, 0.4) is 0 Å². The third-order valence-electron chi connectivity index (χ3n) is 4.05. The summed E-state index contributed by atoms with van der Waals surface area (Å²) in [4.78, 5) is 20.1. The van der Waals surface area contributed by atoms with E-state index >= 15 is 0 Å². The van der Waals surface area contributed by atoms with Gasteiger partial charge >= 0.3 is 0 Å². The SMILES string of the molecule is COc1cc(C)cc2c1N=C(c1c(O)[nH]c3ccccc13)C2=O. The topological polar surface area (TPSA) is 74.7 Å². The number of fused-ring (bicyclic) bond motifs is 2. The summed E-state index contributed by atoms with van der Waals surface area (Å²) in [6.45, 7) is 1.90. The van der Waals surface area contributed by atoms with Gasteiger partial charge in [0.05, 0.1) is 18.2 Å². The third-order valence-corrected chi connectivity index (χ3v) is 4.05. The summed E-state index contributed by atoms with van der Waals surface area (Å²) < 4.78 is 5.34. The number of para-hydroxylation sites is 1. The number of nitrogens with one attached hydrogen (secondary N) is 1. The number of Topliss-reactive ketones (excluding diaryl/α,β-unsaturated/α-hetero) is 1. The Bertz CT molecular complexity index is 999. The normalized spacial score (nSPS) is 13.3. The minimum Gasteiger partial charge on any atom is -0.494 e. The maximum Gasteiger partial charge on any atom is 0.214 e. The molecule has 0 amide bonds. The molecule has 0 atom stereocenters. The van der Waals surface area contributed by atoms with E-state index in [0.717, 1.165) is 16.5 Å². The lowest BCUT2D eigenvalue weighted by atomic mass is 10.0. The fourth-order valence-corrected chi connectivity index (χ4v) is 3.02. The number of benzene rings is 2. The Labute approximate surface area is 132 Å². The number of nitrogens with zero attached hydrogens (tertiary/aromatic N) is 1. The number of hydrogen-bond acceptors (Lipinski definition) is 4. The molecule has 2 aromatic carbocycles. The molecule has 5 heteroatoms. The van der Waals surface area contributed by atoms with Gasteiger partial charge in [0.25, 0.3) is 0 Å². The molecular weight excluding hydrogens is 292 g/mol. The number of aliphatic imine (C=N–C) groups is 1. The first kappa shape index (κ1) is 13.6. The number of carbonyl (C=O) groups excluding carboxylic acids is 1. The molecule has 0 saturated heterocycles. The van der Waals surface area contributed by atoms with E-state index in [-0.39, 0.29) is 17.4 Å². The lowest BCUT2D eigenvalue weighted by Crippen LogP contribution is -2.11. The predicted octanol–water partition coefficient (Wildman–Crippen LogP) is 3.51. The van der Waals surface area contributed by atoms with E-state index in [2.05, 4.69) is 9.98 Å². The van der Waals surface area contributed by atoms with Crippen LogP contribution in [0.25, 0.3) is 10.9 Å². The molecule has 0 saturated carbocycles. The molecule has 23 heavy (non-hydrogen) atoms. The van der Waals surface area contributed by atoms with Gasteiger partial charge in [0.2, 0.25) is 5.78 Å². The van der Waals surface area contributed by atoms with Crippen molar-refractivity contribution in [3.8, 4) is 11.6 Å². The quantitative estimate of drug-likeness (QED) is 0.761. The third kappa shape index (κ3) is 1.86. The number of aromatic nitrogens is 1. The molecule has 5 nitrogen and oxygen atoms in total. The van der Waals surface area contributed by atoms with Gasteiger partial charge in [-0.15, -0.1) is 0 Å². The Kier molecular flexibility index (Phi) is 2.78. The minimum absolute atomic E-state index is 0.0539. The second kappa shape index (κ2) is 4.71. The molecule has 0 unspecified atom stereocenters. The fourth-order valence-electron chi connectivity index (χ4n) is 3.02. The molecule has 2 N–H and O–H groups in total. The monoisotopic (exact) mass is 306 g/mol. The minimum atomic E-state index is -0.206. The van der Waals surface area contributed by atoms with Gasteiger partial charge in [0.1, 0.15) is 17.1 Å². The lowest BCUT2D eigenvalue weighted by molar-refractivity contribution is 0.106. The van der Waals surface area contributed by atoms with Crippen LogP contribution in [0.2, 0.25) is 0 Å². The number of aromatic amines is 1. The molecule has 0 bridgehead atoms. The number of methoxy groups -OCH3 is 1. The molecule has 0 radical (unpaired) electrons. The number of ketones is 1. The van der Waals surface area contributed by atoms with Gasteiger partial charge in [-0.3, -0.25) is 4.79 Å². The molecule has 1 aliphatic rings. The highest BCUT2D eigenvalue weighted by atomic mass is 16.5. The summed E-state index contributed by atoms with van der Waals surface area (Å²) in [5, 5.41) is 11.0. The van der Waals surface area contributed by atoms with Crippen LogP contribution in [0.1, 0.15) is 21.5 Å². The Morgan fingerprint density at radius 1 is 1.22 bits per heavy atom. The largest absolute Gasteiger partial charge is 0.494 e. The van der Waals surface area contributed by atoms with Crippen molar-refractivity contribution in [3.05, 3.63) is 53.1 Å². The predicted molar refractivity (Wildman–Crippen MR) is 88.2 cm³/mol. The first-order chi connectivity index (χ1) is 11.1. The maximum absolute atomic E-state index is 12.8. The zero-order valence-corrected chi connectivity index (χ0v) is 12.7. The van der Waals surface area contributed by atoms with Crippen LogP contribution < -0.4 is 4.74 Å². The Balaban J connectivity index is 1.97. The van der Waals surface area contributed by atoms with Crippen molar-refractivity contribution in [2.75, 3.05) is 7.11 Å². The number of hydrogen-bond donors (Lipinski definition) is 2. The smallest absolute Gasteiger partial charge is 0.214 e. The Hall–Kier alpha value is -3.08. The van der Waals surface area contributed by atoms with Crippen LogP contribution in [0.5, 0.6) is 11.6 Å². The molecule has 1 aromatic heterocycles. The van der Waals surface area contributed by atoms with Crippen LogP contribution in [0.15, 0.2) is 41.4 Å². The fraction of sp³-hybridized carbons (Fsp3) is 0.111. The van der Waals surface area contributed by atoms with Gasteiger partial charge in [-0.25, -0.2) is 4.99 Å². The number of rotatable bonds is 2. The van der Waals surface area contributed by atoms with Gasteiger partial charge in [-0.1, -0.05) is 18.2 Å². The van der Waals surface area contributed by atoms with Crippen molar-refractivity contribution in [3.63, 3.8) is 0 Å². The van der Waals surface area contributed by atoms with Crippen molar-refractivity contribution in [2.45, 2.75) is 6.92 Å². The van der Waals surface area contributed by atoms with Gasteiger partial charge in [-0.05, 0) is 30.7 Å². The molecule has 114 valence electrons. The first-order valence-corrected chi connectivity index (χ1v) is 7.22. The second-order valence-electron chi connectivity index (χ2n) is 5.55. The highest BCUT2D eigenvalue weighted by Crippen LogP contribution is 2.40. The molecule has 0 fully saturated rings. The van der Waals surface area contributed by atoms with E-state index in [4.69, 9.17) is 4.74 Å². The van der Waals surface area contributed by atoms with Crippen molar-refractivity contribution < 1.29 is 14.6 Å². The summed E-state index contributed by atoms with van der Waals surface area (Å²) in [7, 11) is 1.55. The number of aryl methyl sites for hydroxylation is 1. The average Bonchev–Trinajstić information content (AvgIpc) is 3.03. The summed E-state index contributed by atoms with van der Waals surface area (Å²) in [6, 6.07) is 11.0. The van der Waals surface area contributed by atoms with E-state index in [0.29, 0.717) is 22.6 Å². The highest BCUT2D eigenvalue weighted by molar-refractivity contribution is 6.57. The van der Waals surface area contributed by atoms with E-state index in [1.165, 1.54) is 0 Å². The van der Waals surface area contributed by atoms with E-state index in [1.54, 1.807) is 13.2 Å². The standard InChI is InChI=1S/C18H14N2O3/c1-9-7-11-15(13(8-9)23-2)20-16(17(11)21)14-10-5-3-4-6-12(10)19-18(14)22/h3-8,19,22H,1-2H3. The molecular formula is C18H14N2O3. The number of carbonyl (C=O) groups is 1. The van der Waals surface area contributed by atoms with Gasteiger partial charge in [0.15, 0.2) is 5.88 Å². The van der Waals surface area contributed by atoms with Crippen molar-refractivity contribution in [2.24, 2.45) is 4.99 Å². The molecule has 0 aliphatic carbocycles. The maximum atomic E-state index is 12.8. The van der Waals surface area contributed by atoms with E-state index in [1.807, 2.05) is 37.3 Å². The number of ether oxygens (including phenoxy) is 1. The Morgan fingerprint density at radius 2 is 2.00 bits per heavy atom. The van der Waals surface area contributed by atoms with Gasteiger partial charge < -0.3 is 14.8 Å². The van der Waals surface area contributed by atoms with E-state index < -0.39 is 0 Å². The highest BCUT2D eigenvalue weighted by Gasteiger charge is 2.32. The van der Waals surface area contributed by atoms with Crippen molar-refractivity contribution in [1.82, 2.24) is 4.98 Å². The van der Waals surface area contributed by atoms with Crippen molar-refractivity contribution in [1.29, 1.82) is 0 Å². The zero-order chi connectivity index (χ0) is 16.1. The van der Waals surface area contributed by atoms with Crippen LogP contribution in [0, 0.1) is 6.92 Å². The summed E-state index contributed by atoms with van der Waals surface area (Å²) >= 11 is 0. The molecule has 4 rings (SSSR count). The van der Waals surface area contributed by atoms with Crippen LogP contribution >= 0.6 is 0 Å². The molecule has 3 aromatic rings. The van der Waals surface area contributed by atoms with Crippen LogP contribution in [0.4, 0.5) is 5.69 Å².